The van der Waals surface area contributed by atoms with Crippen molar-refractivity contribution in [3.63, 3.8) is 0 Å². The molecule has 78 valence electrons. The van der Waals surface area contributed by atoms with Gasteiger partial charge in [-0.15, -0.1) is 0 Å². The first-order valence-corrected chi connectivity index (χ1v) is 4.97. The van der Waals surface area contributed by atoms with Crippen molar-refractivity contribution in [3.8, 4) is 5.75 Å². The molecule has 2 nitrogen and oxygen atoms in total. The predicted molar refractivity (Wildman–Crippen MR) is 59.0 cm³/mol. The molecular weight excluding hydrogens is 174 g/mol. The third-order valence-corrected chi connectivity index (χ3v) is 2.28. The van der Waals surface area contributed by atoms with Crippen molar-refractivity contribution >= 4 is 0 Å². The van der Waals surface area contributed by atoms with Gasteiger partial charge in [-0.25, -0.2) is 0 Å². The molecule has 0 bridgehead atoms. The van der Waals surface area contributed by atoms with Crippen LogP contribution >= 0.6 is 0 Å². The van der Waals surface area contributed by atoms with Gasteiger partial charge in [-0.1, -0.05) is 0 Å². The lowest BCUT2D eigenvalue weighted by Crippen LogP contribution is -3.04. The number of nitrogens with one attached hydrogen (secondary N) is 1. The second-order valence-corrected chi connectivity index (χ2v) is 4.15. The molecule has 0 saturated carbocycles. The molecule has 0 atom stereocenters. The SMILES string of the molecule is COc1c(C)cc(C[NH+](C)C)cc1C. The Morgan fingerprint density at radius 1 is 1.14 bits per heavy atom. The summed E-state index contributed by atoms with van der Waals surface area (Å²) in [7, 11) is 6.05. The maximum Gasteiger partial charge on any atom is 0.124 e. The van der Waals surface area contributed by atoms with E-state index < -0.39 is 0 Å². The van der Waals surface area contributed by atoms with Crippen LogP contribution < -0.4 is 9.64 Å². The van der Waals surface area contributed by atoms with Crippen LogP contribution in [-0.4, -0.2) is 21.2 Å². The lowest BCUT2D eigenvalue weighted by atomic mass is 10.1. The van der Waals surface area contributed by atoms with E-state index in [1.165, 1.54) is 21.6 Å². The van der Waals surface area contributed by atoms with E-state index in [0.717, 1.165) is 12.3 Å². The highest BCUT2D eigenvalue weighted by Crippen LogP contribution is 2.23. The van der Waals surface area contributed by atoms with Gasteiger partial charge in [0.25, 0.3) is 0 Å². The minimum absolute atomic E-state index is 1.02. The molecule has 0 aromatic heterocycles. The molecule has 1 aromatic rings. The van der Waals surface area contributed by atoms with Crippen LogP contribution in [0.15, 0.2) is 12.1 Å². The molecule has 0 amide bonds. The van der Waals surface area contributed by atoms with Gasteiger partial charge in [-0.2, -0.15) is 0 Å². The minimum Gasteiger partial charge on any atom is -0.496 e. The van der Waals surface area contributed by atoms with E-state index in [1.54, 1.807) is 7.11 Å². The van der Waals surface area contributed by atoms with E-state index in [0.29, 0.717) is 0 Å². The standard InChI is InChI=1S/C12H19NO/c1-9-6-11(8-13(3)4)7-10(2)12(9)14-5/h6-7H,8H2,1-5H3/p+1. The van der Waals surface area contributed by atoms with Crippen LogP contribution in [0.5, 0.6) is 5.75 Å². The average Bonchev–Trinajstić information content (AvgIpc) is 2.01. The highest BCUT2D eigenvalue weighted by atomic mass is 16.5. The quantitative estimate of drug-likeness (QED) is 0.756. The Morgan fingerprint density at radius 2 is 1.64 bits per heavy atom. The van der Waals surface area contributed by atoms with E-state index in [9.17, 15) is 0 Å². The molecule has 0 saturated heterocycles. The first-order valence-electron chi connectivity index (χ1n) is 4.97. The summed E-state index contributed by atoms with van der Waals surface area (Å²) in [5.41, 5.74) is 3.83. The smallest absolute Gasteiger partial charge is 0.124 e. The van der Waals surface area contributed by atoms with E-state index >= 15 is 0 Å². The van der Waals surface area contributed by atoms with Crippen molar-refractivity contribution in [2.24, 2.45) is 0 Å². The van der Waals surface area contributed by atoms with Gasteiger partial charge in [-0.3, -0.25) is 0 Å². The van der Waals surface area contributed by atoms with E-state index in [-0.39, 0.29) is 0 Å². The predicted octanol–water partition coefficient (Wildman–Crippen LogP) is 0.957. The average molecular weight is 194 g/mol. The van der Waals surface area contributed by atoms with Gasteiger partial charge in [0.2, 0.25) is 0 Å². The van der Waals surface area contributed by atoms with Crippen LogP contribution in [-0.2, 0) is 6.54 Å². The molecule has 1 aromatic carbocycles. The fourth-order valence-corrected chi connectivity index (χ4v) is 1.87. The highest BCUT2D eigenvalue weighted by molar-refractivity contribution is 5.43. The summed E-state index contributed by atoms with van der Waals surface area (Å²) in [6, 6.07) is 4.41. The van der Waals surface area contributed by atoms with Gasteiger partial charge in [0.15, 0.2) is 0 Å². The van der Waals surface area contributed by atoms with Crippen molar-refractivity contribution < 1.29 is 9.64 Å². The zero-order valence-electron chi connectivity index (χ0n) is 9.77. The molecule has 0 heterocycles. The Kier molecular flexibility index (Phi) is 3.53. The largest absolute Gasteiger partial charge is 0.496 e. The maximum atomic E-state index is 5.33. The molecule has 1 rings (SSSR count). The zero-order chi connectivity index (χ0) is 10.7. The molecule has 0 aliphatic heterocycles. The van der Waals surface area contributed by atoms with Crippen LogP contribution in [0, 0.1) is 13.8 Å². The highest BCUT2D eigenvalue weighted by Gasteiger charge is 2.06. The molecule has 0 spiro atoms. The van der Waals surface area contributed by atoms with Crippen molar-refractivity contribution in [3.05, 3.63) is 28.8 Å². The van der Waals surface area contributed by atoms with Gasteiger partial charge in [0, 0.05) is 5.56 Å². The van der Waals surface area contributed by atoms with E-state index in [4.69, 9.17) is 4.74 Å². The number of quaternary nitrogens is 1. The number of hydrogen-bond donors (Lipinski definition) is 1. The van der Waals surface area contributed by atoms with E-state index in [2.05, 4.69) is 40.1 Å². The molecule has 0 aliphatic carbocycles. The number of methoxy groups -OCH3 is 1. The van der Waals surface area contributed by atoms with Crippen molar-refractivity contribution in [1.82, 2.24) is 0 Å². The lowest BCUT2D eigenvalue weighted by molar-refractivity contribution is -0.872. The number of hydrogen-bond acceptors (Lipinski definition) is 1. The molecule has 0 fully saturated rings. The molecule has 2 heteroatoms. The molecule has 0 aliphatic rings. The van der Waals surface area contributed by atoms with Crippen LogP contribution in [0.2, 0.25) is 0 Å². The number of ether oxygens (including phenoxy) is 1. The number of benzene rings is 1. The van der Waals surface area contributed by atoms with Crippen molar-refractivity contribution in [2.75, 3.05) is 21.2 Å². The Morgan fingerprint density at radius 3 is 2.00 bits per heavy atom. The van der Waals surface area contributed by atoms with Crippen LogP contribution in [0.25, 0.3) is 0 Å². The number of rotatable bonds is 3. The van der Waals surface area contributed by atoms with Gasteiger partial charge < -0.3 is 9.64 Å². The van der Waals surface area contributed by atoms with Crippen LogP contribution in [0.3, 0.4) is 0 Å². The summed E-state index contributed by atoms with van der Waals surface area (Å²) in [4.78, 5) is 1.44. The van der Waals surface area contributed by atoms with Crippen LogP contribution in [0.4, 0.5) is 0 Å². The topological polar surface area (TPSA) is 13.7 Å². The Balaban J connectivity index is 3.01. The summed E-state index contributed by atoms with van der Waals surface area (Å²) < 4.78 is 5.33. The van der Waals surface area contributed by atoms with Gasteiger partial charge in [0.05, 0.1) is 21.2 Å². The summed E-state index contributed by atoms with van der Waals surface area (Å²) >= 11 is 0. The second kappa shape index (κ2) is 4.47. The summed E-state index contributed by atoms with van der Waals surface area (Å²) in [5, 5.41) is 0. The van der Waals surface area contributed by atoms with Gasteiger partial charge >= 0.3 is 0 Å². The molecule has 1 N–H and O–H groups in total. The zero-order valence-corrected chi connectivity index (χ0v) is 9.77. The fourth-order valence-electron chi connectivity index (χ4n) is 1.87. The van der Waals surface area contributed by atoms with Crippen molar-refractivity contribution in [2.45, 2.75) is 20.4 Å². The minimum atomic E-state index is 1.02. The Labute approximate surface area is 86.5 Å². The molecule has 0 unspecified atom stereocenters. The fraction of sp³-hybridized carbons (Fsp3) is 0.500. The number of aryl methyl sites for hydroxylation is 2. The third-order valence-electron chi connectivity index (χ3n) is 2.28. The van der Waals surface area contributed by atoms with Crippen LogP contribution in [0.1, 0.15) is 16.7 Å². The van der Waals surface area contributed by atoms with Gasteiger partial charge in [0.1, 0.15) is 12.3 Å². The van der Waals surface area contributed by atoms with E-state index in [1.807, 2.05) is 0 Å². The summed E-state index contributed by atoms with van der Waals surface area (Å²) in [5.74, 6) is 1.02. The monoisotopic (exact) mass is 194 g/mol. The summed E-state index contributed by atoms with van der Waals surface area (Å²) in [6.07, 6.45) is 0. The first-order chi connectivity index (χ1) is 6.54. The van der Waals surface area contributed by atoms with Gasteiger partial charge in [-0.05, 0) is 37.1 Å². The summed E-state index contributed by atoms with van der Waals surface area (Å²) in [6.45, 7) is 5.26. The lowest BCUT2D eigenvalue weighted by Gasteiger charge is -2.12. The normalized spacial score (nSPS) is 10.7. The molecular formula is C12H20NO+. The maximum absolute atomic E-state index is 5.33. The third kappa shape index (κ3) is 2.48. The van der Waals surface area contributed by atoms with Crippen molar-refractivity contribution in [1.29, 1.82) is 0 Å². The second-order valence-electron chi connectivity index (χ2n) is 4.15. The Bertz CT molecular complexity index is 295. The Hall–Kier alpha value is -1.02. The first kappa shape index (κ1) is 11.1. The molecule has 0 radical (unpaired) electrons. The molecule has 14 heavy (non-hydrogen) atoms.